The van der Waals surface area contributed by atoms with Gasteiger partial charge in [-0.2, -0.15) is 0 Å². The van der Waals surface area contributed by atoms with Crippen molar-refractivity contribution < 1.29 is 33.3 Å². The quantitative estimate of drug-likeness (QED) is 0.0610. The van der Waals surface area contributed by atoms with E-state index in [-0.39, 0.29) is 32.1 Å². The van der Waals surface area contributed by atoms with Crippen LogP contribution in [-0.4, -0.2) is 70.1 Å². The number of imidazole rings is 1. The Kier molecular flexibility index (Phi) is 14.0. The summed E-state index contributed by atoms with van der Waals surface area (Å²) >= 11 is 3.61. The van der Waals surface area contributed by atoms with Crippen molar-refractivity contribution in [1.82, 2.24) is 20.6 Å². The predicted molar refractivity (Wildman–Crippen MR) is 178 cm³/mol. The Labute approximate surface area is 273 Å². The van der Waals surface area contributed by atoms with Gasteiger partial charge in [0.1, 0.15) is 18.5 Å². The van der Waals surface area contributed by atoms with E-state index >= 15 is 0 Å². The second-order valence-electron chi connectivity index (χ2n) is 11.4. The van der Waals surface area contributed by atoms with Crippen LogP contribution in [0.3, 0.4) is 0 Å². The van der Waals surface area contributed by atoms with Crippen molar-refractivity contribution in [2.24, 2.45) is 0 Å². The van der Waals surface area contributed by atoms with Crippen LogP contribution in [0.1, 0.15) is 29.5 Å². The van der Waals surface area contributed by atoms with Gasteiger partial charge < -0.3 is 34.6 Å². The van der Waals surface area contributed by atoms with Crippen LogP contribution >= 0.6 is 15.9 Å². The fourth-order valence-electron chi connectivity index (χ4n) is 4.09. The average Bonchev–Trinajstić information content (AvgIpc) is 3.43. The van der Waals surface area contributed by atoms with Crippen molar-refractivity contribution in [2.45, 2.75) is 51.4 Å². The van der Waals surface area contributed by atoms with Crippen molar-refractivity contribution in [3.63, 3.8) is 0 Å². The van der Waals surface area contributed by atoms with Gasteiger partial charge in [-0.3, -0.25) is 10.1 Å². The van der Waals surface area contributed by atoms with Crippen LogP contribution in [0.5, 0.6) is 0 Å². The Morgan fingerprint density at radius 3 is 2.42 bits per heavy atom. The first kappa shape index (κ1) is 35.8. The number of ether oxygens (including phenoxy) is 4. The molecule has 1 aromatic heterocycles. The zero-order valence-electron chi connectivity index (χ0n) is 26.3. The summed E-state index contributed by atoms with van der Waals surface area (Å²) in [6.07, 6.45) is -1.04. The van der Waals surface area contributed by atoms with E-state index in [1.807, 2.05) is 36.4 Å². The SMILES string of the molecule is COC(=O)CCNC[C@H](NC(=O)OCc1ccccc1)c1nc(-c2ccc(NC(=O)OC)cc2Br)c(COCC[Si](C)(C)C)[nH]1. The van der Waals surface area contributed by atoms with Gasteiger partial charge in [0.05, 0.1) is 38.6 Å². The average molecular weight is 705 g/mol. The summed E-state index contributed by atoms with van der Waals surface area (Å²) in [5.74, 6) is 0.127. The normalized spacial score (nSPS) is 11.9. The predicted octanol–water partition coefficient (Wildman–Crippen LogP) is 5.99. The van der Waals surface area contributed by atoms with Crippen LogP contribution in [0, 0.1) is 0 Å². The minimum absolute atomic E-state index is 0.105. The number of carbonyl (C=O) groups is 3. The van der Waals surface area contributed by atoms with Gasteiger partial charge in [0.2, 0.25) is 0 Å². The number of methoxy groups -OCH3 is 2. The Bertz CT molecular complexity index is 1420. The number of aromatic amines is 1. The number of anilines is 1. The molecule has 0 unspecified atom stereocenters. The van der Waals surface area contributed by atoms with Gasteiger partial charge in [-0.15, -0.1) is 0 Å². The highest BCUT2D eigenvalue weighted by atomic mass is 79.9. The van der Waals surface area contributed by atoms with Gasteiger partial charge in [-0.05, 0) is 29.8 Å². The van der Waals surface area contributed by atoms with Crippen LogP contribution < -0.4 is 16.0 Å². The highest BCUT2D eigenvalue weighted by molar-refractivity contribution is 9.10. The number of hydrogen-bond donors (Lipinski definition) is 4. The number of nitrogens with one attached hydrogen (secondary N) is 4. The first-order valence-electron chi connectivity index (χ1n) is 14.5. The van der Waals surface area contributed by atoms with Gasteiger partial charge in [-0.1, -0.05) is 65.9 Å². The molecule has 2 amide bonds. The molecule has 0 bridgehead atoms. The molecule has 3 aromatic rings. The summed E-state index contributed by atoms with van der Waals surface area (Å²) < 4.78 is 21.7. The molecule has 12 nitrogen and oxygen atoms in total. The molecular formula is C31H42BrN5O7Si. The molecule has 0 saturated carbocycles. The number of nitrogens with zero attached hydrogens (tertiary/aromatic N) is 1. The van der Waals surface area contributed by atoms with Crippen LogP contribution in [0.2, 0.25) is 25.7 Å². The lowest BCUT2D eigenvalue weighted by atomic mass is 10.1. The zero-order chi connectivity index (χ0) is 32.8. The minimum atomic E-state index is -1.30. The number of alkyl carbamates (subject to hydrolysis) is 1. The Hall–Kier alpha value is -3.72. The summed E-state index contributed by atoms with van der Waals surface area (Å²) in [7, 11) is 1.33. The molecule has 0 aliphatic carbocycles. The van der Waals surface area contributed by atoms with E-state index in [0.29, 0.717) is 40.5 Å². The maximum Gasteiger partial charge on any atom is 0.411 e. The maximum absolute atomic E-state index is 12.9. The van der Waals surface area contributed by atoms with Crippen LogP contribution in [0.15, 0.2) is 53.0 Å². The molecule has 0 spiro atoms. The number of hydrogen-bond acceptors (Lipinski definition) is 9. The third-order valence-electron chi connectivity index (χ3n) is 6.61. The van der Waals surface area contributed by atoms with Crippen molar-refractivity contribution in [3.8, 4) is 11.3 Å². The summed E-state index contributed by atoms with van der Waals surface area (Å²) in [5, 5.41) is 8.73. The molecule has 14 heteroatoms. The van der Waals surface area contributed by atoms with Gasteiger partial charge in [0, 0.05) is 43.5 Å². The number of esters is 1. The molecule has 2 aromatic carbocycles. The zero-order valence-corrected chi connectivity index (χ0v) is 28.9. The number of amides is 2. The lowest BCUT2D eigenvalue weighted by molar-refractivity contribution is -0.140. The molecule has 0 fully saturated rings. The Balaban J connectivity index is 1.89. The third-order valence-corrected chi connectivity index (χ3v) is 8.97. The molecule has 0 aliphatic heterocycles. The summed E-state index contributed by atoms with van der Waals surface area (Å²) in [4.78, 5) is 44.5. The molecule has 1 atom stereocenters. The van der Waals surface area contributed by atoms with E-state index in [4.69, 9.17) is 23.9 Å². The number of benzene rings is 2. The molecule has 1 heterocycles. The monoisotopic (exact) mass is 703 g/mol. The third kappa shape index (κ3) is 12.3. The number of H-pyrrole nitrogens is 1. The molecule has 244 valence electrons. The van der Waals surface area contributed by atoms with Crippen LogP contribution in [-0.2, 0) is 37.0 Å². The van der Waals surface area contributed by atoms with Gasteiger partial charge in [-0.25, -0.2) is 14.6 Å². The van der Waals surface area contributed by atoms with E-state index in [9.17, 15) is 14.4 Å². The van der Waals surface area contributed by atoms with Crippen molar-refractivity contribution >= 4 is 47.8 Å². The van der Waals surface area contributed by atoms with E-state index < -0.39 is 26.3 Å². The molecule has 4 N–H and O–H groups in total. The van der Waals surface area contributed by atoms with E-state index in [2.05, 4.69) is 56.5 Å². The Morgan fingerprint density at radius 1 is 1.00 bits per heavy atom. The number of rotatable bonds is 16. The number of aromatic nitrogens is 2. The van der Waals surface area contributed by atoms with Crippen molar-refractivity contribution in [3.05, 3.63) is 70.1 Å². The van der Waals surface area contributed by atoms with Crippen molar-refractivity contribution in [2.75, 3.05) is 39.2 Å². The lowest BCUT2D eigenvalue weighted by Gasteiger charge is -2.17. The largest absolute Gasteiger partial charge is 0.469 e. The number of halogens is 1. The highest BCUT2D eigenvalue weighted by Crippen LogP contribution is 2.33. The smallest absolute Gasteiger partial charge is 0.411 e. The standard InChI is InChI=1S/C31H42BrN5O7Si/c1-41-27(38)13-14-33-18-25(36-31(40)44-19-21-9-7-6-8-10-21)29-35-26(20-43-15-16-45(3,4)5)28(37-29)23-12-11-22(17-24(23)32)34-30(39)42-2/h6-12,17,25,33H,13-16,18-20H2,1-5H3,(H,34,39)(H,35,37)(H,36,40)/t25-/m0/s1. The fraction of sp³-hybridized carbons (Fsp3) is 0.419. The molecule has 3 rings (SSSR count). The molecule has 0 aliphatic rings. The Morgan fingerprint density at radius 2 is 1.76 bits per heavy atom. The van der Waals surface area contributed by atoms with Crippen LogP contribution in [0.4, 0.5) is 15.3 Å². The second kappa shape index (κ2) is 17.7. The van der Waals surface area contributed by atoms with Crippen molar-refractivity contribution in [1.29, 1.82) is 0 Å². The topological polar surface area (TPSA) is 153 Å². The number of carbonyl (C=O) groups excluding carboxylic acids is 3. The van der Waals surface area contributed by atoms with Gasteiger partial charge >= 0.3 is 18.2 Å². The molecule has 45 heavy (non-hydrogen) atoms. The van der Waals surface area contributed by atoms with Crippen LogP contribution in [0.25, 0.3) is 11.3 Å². The lowest BCUT2D eigenvalue weighted by Crippen LogP contribution is -2.37. The molecule has 0 radical (unpaired) electrons. The molecule has 0 saturated heterocycles. The first-order valence-corrected chi connectivity index (χ1v) is 19.0. The maximum atomic E-state index is 12.9. The molecular weight excluding hydrogens is 662 g/mol. The summed E-state index contributed by atoms with van der Waals surface area (Å²) in [6, 6.07) is 15.1. The van der Waals surface area contributed by atoms with E-state index in [0.717, 1.165) is 17.2 Å². The highest BCUT2D eigenvalue weighted by Gasteiger charge is 2.24. The van der Waals surface area contributed by atoms with E-state index in [1.165, 1.54) is 14.2 Å². The van der Waals surface area contributed by atoms with Gasteiger partial charge in [0.15, 0.2) is 0 Å². The second-order valence-corrected chi connectivity index (χ2v) is 17.9. The minimum Gasteiger partial charge on any atom is -0.469 e. The first-order chi connectivity index (χ1) is 21.5. The fourth-order valence-corrected chi connectivity index (χ4v) is 5.41. The summed E-state index contributed by atoms with van der Waals surface area (Å²) in [5.41, 5.74) is 3.48. The van der Waals surface area contributed by atoms with E-state index in [1.54, 1.807) is 12.1 Å². The van der Waals surface area contributed by atoms with Gasteiger partial charge in [0.25, 0.3) is 0 Å². The summed E-state index contributed by atoms with van der Waals surface area (Å²) in [6.45, 7) is 8.44.